The number of para-hydroxylation sites is 1. The summed E-state index contributed by atoms with van der Waals surface area (Å²) in [6, 6.07) is 8.21. The van der Waals surface area contributed by atoms with E-state index in [2.05, 4.69) is 17.4 Å². The number of fused-ring (bicyclic) bond motifs is 1. The summed E-state index contributed by atoms with van der Waals surface area (Å²) in [5.41, 5.74) is 2.41. The van der Waals surface area contributed by atoms with E-state index in [0.717, 1.165) is 25.1 Å². The molecule has 1 aromatic carbocycles. The summed E-state index contributed by atoms with van der Waals surface area (Å²) in [7, 11) is 0. The van der Waals surface area contributed by atoms with Crippen molar-refractivity contribution in [3.63, 3.8) is 0 Å². The van der Waals surface area contributed by atoms with Gasteiger partial charge in [0.25, 0.3) is 0 Å². The van der Waals surface area contributed by atoms with E-state index in [1.54, 1.807) is 0 Å². The quantitative estimate of drug-likeness (QED) is 0.832. The predicted molar refractivity (Wildman–Crippen MR) is 70.6 cm³/mol. The third-order valence-electron chi connectivity index (χ3n) is 3.95. The highest BCUT2D eigenvalue weighted by Crippen LogP contribution is 2.33. The van der Waals surface area contributed by atoms with Crippen LogP contribution < -0.4 is 5.32 Å². The molecule has 3 heteroatoms. The fraction of sp³-hybridized carbons (Fsp3) is 0.533. The Morgan fingerprint density at radius 1 is 1.28 bits per heavy atom. The average molecular weight is 245 g/mol. The SMILES string of the molecule is O=C(CC1CNc2ccccc21)OC1CCCC1. The molecule has 1 unspecified atom stereocenters. The lowest BCUT2D eigenvalue weighted by Gasteiger charge is -2.14. The number of nitrogens with one attached hydrogen (secondary N) is 1. The Morgan fingerprint density at radius 2 is 2.06 bits per heavy atom. The van der Waals surface area contributed by atoms with Crippen LogP contribution in [0.3, 0.4) is 0 Å². The Morgan fingerprint density at radius 3 is 2.89 bits per heavy atom. The fourth-order valence-electron chi connectivity index (χ4n) is 2.98. The van der Waals surface area contributed by atoms with Crippen LogP contribution >= 0.6 is 0 Å². The number of hydrogen-bond donors (Lipinski definition) is 1. The van der Waals surface area contributed by atoms with Gasteiger partial charge < -0.3 is 10.1 Å². The number of rotatable bonds is 3. The van der Waals surface area contributed by atoms with Gasteiger partial charge in [0.05, 0.1) is 6.42 Å². The molecule has 3 rings (SSSR count). The zero-order valence-electron chi connectivity index (χ0n) is 10.5. The summed E-state index contributed by atoms with van der Waals surface area (Å²) >= 11 is 0. The van der Waals surface area contributed by atoms with Crippen molar-refractivity contribution < 1.29 is 9.53 Å². The van der Waals surface area contributed by atoms with Gasteiger partial charge in [-0.2, -0.15) is 0 Å². The molecule has 3 nitrogen and oxygen atoms in total. The lowest BCUT2D eigenvalue weighted by Crippen LogP contribution is -2.17. The molecule has 1 fully saturated rings. The minimum atomic E-state index is -0.0367. The number of ether oxygens (including phenoxy) is 1. The molecule has 18 heavy (non-hydrogen) atoms. The van der Waals surface area contributed by atoms with Crippen LogP contribution in [0.4, 0.5) is 5.69 Å². The normalized spacial score (nSPS) is 22.6. The van der Waals surface area contributed by atoms with Crippen molar-refractivity contribution in [2.75, 3.05) is 11.9 Å². The van der Waals surface area contributed by atoms with Gasteiger partial charge in [-0.1, -0.05) is 18.2 Å². The first-order valence-electron chi connectivity index (χ1n) is 6.85. The van der Waals surface area contributed by atoms with Crippen molar-refractivity contribution >= 4 is 11.7 Å². The van der Waals surface area contributed by atoms with Crippen molar-refractivity contribution in [3.8, 4) is 0 Å². The monoisotopic (exact) mass is 245 g/mol. The Hall–Kier alpha value is -1.51. The molecular weight excluding hydrogens is 226 g/mol. The molecule has 0 saturated heterocycles. The second-order valence-electron chi connectivity index (χ2n) is 5.27. The molecule has 0 amide bonds. The molecular formula is C15H19NO2. The summed E-state index contributed by atoms with van der Waals surface area (Å²) in [4.78, 5) is 11.9. The third-order valence-corrected chi connectivity index (χ3v) is 3.95. The summed E-state index contributed by atoms with van der Waals surface area (Å²) in [5, 5.41) is 3.34. The topological polar surface area (TPSA) is 38.3 Å². The largest absolute Gasteiger partial charge is 0.462 e. The van der Waals surface area contributed by atoms with Gasteiger partial charge in [0.1, 0.15) is 6.10 Å². The third kappa shape index (κ3) is 2.35. The Bertz CT molecular complexity index is 438. The van der Waals surface area contributed by atoms with Gasteiger partial charge in [-0.15, -0.1) is 0 Å². The molecule has 0 spiro atoms. The maximum atomic E-state index is 11.9. The minimum absolute atomic E-state index is 0.0367. The second kappa shape index (κ2) is 5.01. The summed E-state index contributed by atoms with van der Waals surface area (Å²) in [6.45, 7) is 0.846. The molecule has 1 aromatic rings. The Labute approximate surface area is 108 Å². The van der Waals surface area contributed by atoms with Gasteiger partial charge in [-0.05, 0) is 37.3 Å². The second-order valence-corrected chi connectivity index (χ2v) is 5.27. The van der Waals surface area contributed by atoms with Gasteiger partial charge in [-0.25, -0.2) is 0 Å². The minimum Gasteiger partial charge on any atom is -0.462 e. The Balaban J connectivity index is 1.58. The van der Waals surface area contributed by atoms with Crippen LogP contribution in [0.25, 0.3) is 0 Å². The smallest absolute Gasteiger partial charge is 0.306 e. The van der Waals surface area contributed by atoms with Gasteiger partial charge in [-0.3, -0.25) is 4.79 Å². The molecule has 0 aromatic heterocycles. The van der Waals surface area contributed by atoms with Crippen molar-refractivity contribution in [2.24, 2.45) is 0 Å². The Kier molecular flexibility index (Phi) is 3.22. The number of esters is 1. The van der Waals surface area contributed by atoms with Gasteiger partial charge in [0.2, 0.25) is 0 Å². The first kappa shape index (κ1) is 11.6. The zero-order chi connectivity index (χ0) is 12.4. The molecule has 96 valence electrons. The summed E-state index contributed by atoms with van der Waals surface area (Å²) in [6.07, 6.45) is 5.18. The van der Waals surface area contributed by atoms with Crippen LogP contribution in [-0.4, -0.2) is 18.6 Å². The lowest BCUT2D eigenvalue weighted by molar-refractivity contribution is -0.149. The number of carbonyl (C=O) groups excluding carboxylic acids is 1. The van der Waals surface area contributed by atoms with Crippen molar-refractivity contribution in [2.45, 2.75) is 44.1 Å². The van der Waals surface area contributed by atoms with Crippen molar-refractivity contribution in [3.05, 3.63) is 29.8 Å². The van der Waals surface area contributed by atoms with Crippen molar-refractivity contribution in [1.29, 1.82) is 0 Å². The van der Waals surface area contributed by atoms with E-state index in [-0.39, 0.29) is 18.0 Å². The van der Waals surface area contributed by atoms with Gasteiger partial charge in [0.15, 0.2) is 0 Å². The van der Waals surface area contributed by atoms with Gasteiger partial charge >= 0.3 is 5.97 Å². The molecule has 2 aliphatic rings. The highest BCUT2D eigenvalue weighted by Gasteiger charge is 2.26. The first-order chi connectivity index (χ1) is 8.83. The lowest BCUT2D eigenvalue weighted by atomic mass is 9.98. The number of anilines is 1. The molecule has 1 heterocycles. The van der Waals surface area contributed by atoms with E-state index in [9.17, 15) is 4.79 Å². The highest BCUT2D eigenvalue weighted by atomic mass is 16.5. The number of hydrogen-bond acceptors (Lipinski definition) is 3. The van der Waals surface area contributed by atoms with E-state index >= 15 is 0 Å². The van der Waals surface area contributed by atoms with Crippen LogP contribution in [0, 0.1) is 0 Å². The van der Waals surface area contributed by atoms with E-state index in [0.29, 0.717) is 6.42 Å². The van der Waals surface area contributed by atoms with Crippen LogP contribution in [0.15, 0.2) is 24.3 Å². The fourth-order valence-corrected chi connectivity index (χ4v) is 2.98. The molecule has 0 radical (unpaired) electrons. The van der Waals surface area contributed by atoms with Crippen LogP contribution in [0.2, 0.25) is 0 Å². The van der Waals surface area contributed by atoms with Crippen LogP contribution in [0.1, 0.15) is 43.6 Å². The molecule has 0 bridgehead atoms. The van der Waals surface area contributed by atoms with E-state index in [1.807, 2.05) is 12.1 Å². The van der Waals surface area contributed by atoms with Crippen LogP contribution in [-0.2, 0) is 9.53 Å². The van der Waals surface area contributed by atoms with E-state index in [4.69, 9.17) is 4.74 Å². The molecule has 1 aliphatic carbocycles. The molecule has 1 atom stereocenters. The first-order valence-corrected chi connectivity index (χ1v) is 6.85. The average Bonchev–Trinajstić information content (AvgIpc) is 3.00. The summed E-state index contributed by atoms with van der Waals surface area (Å²) in [5.74, 6) is 0.237. The standard InChI is InChI=1S/C15H19NO2/c17-15(18-12-5-1-2-6-12)9-11-10-16-14-8-4-3-7-13(11)14/h3-4,7-8,11-12,16H,1-2,5-6,9-10H2. The zero-order valence-corrected chi connectivity index (χ0v) is 10.5. The van der Waals surface area contributed by atoms with Crippen molar-refractivity contribution in [1.82, 2.24) is 0 Å². The maximum Gasteiger partial charge on any atom is 0.306 e. The molecule has 1 saturated carbocycles. The molecule has 1 N–H and O–H groups in total. The van der Waals surface area contributed by atoms with Crippen LogP contribution in [0.5, 0.6) is 0 Å². The molecule has 1 aliphatic heterocycles. The number of benzene rings is 1. The maximum absolute atomic E-state index is 11.9. The summed E-state index contributed by atoms with van der Waals surface area (Å²) < 4.78 is 5.52. The van der Waals surface area contributed by atoms with E-state index < -0.39 is 0 Å². The van der Waals surface area contributed by atoms with E-state index in [1.165, 1.54) is 18.4 Å². The highest BCUT2D eigenvalue weighted by molar-refractivity contribution is 5.72. The number of carbonyl (C=O) groups is 1. The predicted octanol–water partition coefficient (Wildman–Crippen LogP) is 3.07. The van der Waals surface area contributed by atoms with Gasteiger partial charge in [0, 0.05) is 18.2 Å².